The lowest BCUT2D eigenvalue weighted by Gasteiger charge is -2.05. The summed E-state index contributed by atoms with van der Waals surface area (Å²) in [5.41, 5.74) is 0.933. The van der Waals surface area contributed by atoms with Gasteiger partial charge in [0.25, 0.3) is 0 Å². The van der Waals surface area contributed by atoms with Crippen molar-refractivity contribution in [3.8, 4) is 0 Å². The minimum absolute atomic E-state index is 0.292. The molecule has 0 aliphatic rings. The van der Waals surface area contributed by atoms with E-state index in [9.17, 15) is 4.39 Å². The molecule has 0 unspecified atom stereocenters. The van der Waals surface area contributed by atoms with Gasteiger partial charge in [0.05, 0.1) is 0 Å². The van der Waals surface area contributed by atoms with Gasteiger partial charge in [-0.1, -0.05) is 33.6 Å². The minimum Gasteiger partial charge on any atom is -0.313 e. The Morgan fingerprint density at radius 3 is 2.86 bits per heavy atom. The summed E-state index contributed by atoms with van der Waals surface area (Å²) in [4.78, 5) is 0. The molecule has 1 rings (SSSR count). The summed E-state index contributed by atoms with van der Waals surface area (Å²) >= 11 is 9.20. The molecule has 1 nitrogen and oxygen atoms in total. The summed E-state index contributed by atoms with van der Waals surface area (Å²) in [6, 6.07) is 4.47. The molecule has 0 spiro atoms. The second kappa shape index (κ2) is 6.38. The maximum absolute atomic E-state index is 12.7. The third-order valence-corrected chi connectivity index (χ3v) is 2.73. The lowest BCUT2D eigenvalue weighted by Crippen LogP contribution is -2.15. The number of rotatable bonds is 5. The van der Waals surface area contributed by atoms with Crippen molar-refractivity contribution in [3.63, 3.8) is 0 Å². The van der Waals surface area contributed by atoms with E-state index in [4.69, 9.17) is 11.6 Å². The van der Waals surface area contributed by atoms with Crippen molar-refractivity contribution in [1.82, 2.24) is 5.32 Å². The molecule has 0 atom stereocenters. The number of alkyl halides is 1. The van der Waals surface area contributed by atoms with Crippen LogP contribution in [0.3, 0.4) is 0 Å². The number of halogens is 3. The molecule has 14 heavy (non-hydrogen) atoms. The van der Waals surface area contributed by atoms with Crippen LogP contribution in [-0.2, 0) is 6.54 Å². The predicted octanol–water partition coefficient (Wildman–Crippen LogP) is 3.35. The average molecular weight is 281 g/mol. The van der Waals surface area contributed by atoms with Gasteiger partial charge in [0.2, 0.25) is 0 Å². The van der Waals surface area contributed by atoms with Crippen molar-refractivity contribution in [2.24, 2.45) is 0 Å². The van der Waals surface area contributed by atoms with E-state index in [0.29, 0.717) is 11.6 Å². The van der Waals surface area contributed by atoms with Crippen LogP contribution in [0.5, 0.6) is 0 Å². The van der Waals surface area contributed by atoms with Crippen molar-refractivity contribution >= 4 is 27.5 Å². The minimum atomic E-state index is -0.292. The second-order valence-corrected chi connectivity index (χ2v) is 4.16. The Morgan fingerprint density at radius 2 is 2.21 bits per heavy atom. The molecular formula is C10H12BrClFN. The van der Waals surface area contributed by atoms with Crippen molar-refractivity contribution in [3.05, 3.63) is 34.6 Å². The van der Waals surface area contributed by atoms with Crippen LogP contribution in [0, 0.1) is 5.82 Å². The molecule has 0 aliphatic heterocycles. The van der Waals surface area contributed by atoms with E-state index >= 15 is 0 Å². The first-order valence-electron chi connectivity index (χ1n) is 4.44. The molecule has 0 saturated carbocycles. The largest absolute Gasteiger partial charge is 0.313 e. The summed E-state index contributed by atoms with van der Waals surface area (Å²) in [5.74, 6) is -0.292. The first-order valence-corrected chi connectivity index (χ1v) is 5.94. The van der Waals surface area contributed by atoms with Crippen LogP contribution in [-0.4, -0.2) is 11.9 Å². The number of hydrogen-bond acceptors (Lipinski definition) is 1. The van der Waals surface area contributed by atoms with Crippen LogP contribution in [0.2, 0.25) is 5.02 Å². The van der Waals surface area contributed by atoms with E-state index in [-0.39, 0.29) is 5.82 Å². The highest BCUT2D eigenvalue weighted by Gasteiger charge is 2.00. The molecule has 78 valence electrons. The highest BCUT2D eigenvalue weighted by Crippen LogP contribution is 2.16. The van der Waals surface area contributed by atoms with Crippen molar-refractivity contribution in [2.45, 2.75) is 13.0 Å². The first kappa shape index (κ1) is 12.0. The summed E-state index contributed by atoms with van der Waals surface area (Å²) < 4.78 is 12.7. The highest BCUT2D eigenvalue weighted by molar-refractivity contribution is 9.09. The zero-order chi connectivity index (χ0) is 10.4. The van der Waals surface area contributed by atoms with Gasteiger partial charge in [0.15, 0.2) is 0 Å². The molecule has 4 heteroatoms. The van der Waals surface area contributed by atoms with Crippen LogP contribution in [0.15, 0.2) is 18.2 Å². The van der Waals surface area contributed by atoms with Crippen LogP contribution in [0.1, 0.15) is 12.0 Å². The van der Waals surface area contributed by atoms with Gasteiger partial charge in [-0.05, 0) is 30.7 Å². The Labute approximate surface area is 96.8 Å². The van der Waals surface area contributed by atoms with Gasteiger partial charge in [0, 0.05) is 16.9 Å². The monoisotopic (exact) mass is 279 g/mol. The number of benzene rings is 1. The maximum atomic E-state index is 12.7. The van der Waals surface area contributed by atoms with Crippen molar-refractivity contribution < 1.29 is 4.39 Å². The first-order chi connectivity index (χ1) is 6.74. The molecular weight excluding hydrogens is 268 g/mol. The Hall–Kier alpha value is -0.120. The molecule has 1 aromatic carbocycles. The standard InChI is InChI=1S/C10H12BrClFN/c11-4-1-5-14-7-8-2-3-9(13)6-10(8)12/h2-3,6,14H,1,4-5,7H2. The van der Waals surface area contributed by atoms with E-state index in [1.165, 1.54) is 12.1 Å². The van der Waals surface area contributed by atoms with E-state index < -0.39 is 0 Å². The molecule has 1 aromatic rings. The molecule has 0 heterocycles. The highest BCUT2D eigenvalue weighted by atomic mass is 79.9. The fourth-order valence-corrected chi connectivity index (χ4v) is 1.59. The quantitative estimate of drug-likeness (QED) is 0.644. The zero-order valence-electron chi connectivity index (χ0n) is 7.69. The van der Waals surface area contributed by atoms with Crippen LogP contribution in [0.4, 0.5) is 4.39 Å². The predicted molar refractivity (Wildman–Crippen MR) is 61.5 cm³/mol. The summed E-state index contributed by atoms with van der Waals surface area (Å²) in [7, 11) is 0. The molecule has 0 aromatic heterocycles. The zero-order valence-corrected chi connectivity index (χ0v) is 10.0. The fourth-order valence-electron chi connectivity index (χ4n) is 1.08. The molecule has 1 N–H and O–H groups in total. The van der Waals surface area contributed by atoms with Gasteiger partial charge in [-0.3, -0.25) is 0 Å². The maximum Gasteiger partial charge on any atom is 0.124 e. The molecule has 0 aliphatic carbocycles. The molecule has 0 radical (unpaired) electrons. The number of hydrogen-bond donors (Lipinski definition) is 1. The van der Waals surface area contributed by atoms with Crippen molar-refractivity contribution in [2.75, 3.05) is 11.9 Å². The Balaban J connectivity index is 2.42. The third-order valence-electron chi connectivity index (χ3n) is 1.82. The summed E-state index contributed by atoms with van der Waals surface area (Å²) in [6.45, 7) is 1.62. The van der Waals surface area contributed by atoms with Gasteiger partial charge in [-0.25, -0.2) is 4.39 Å². The average Bonchev–Trinajstić information content (AvgIpc) is 2.15. The van der Waals surface area contributed by atoms with Gasteiger partial charge in [0.1, 0.15) is 5.82 Å². The smallest absolute Gasteiger partial charge is 0.124 e. The van der Waals surface area contributed by atoms with Gasteiger partial charge in [-0.2, -0.15) is 0 Å². The van der Waals surface area contributed by atoms with E-state index in [1.807, 2.05) is 0 Å². The van der Waals surface area contributed by atoms with Crippen LogP contribution in [0.25, 0.3) is 0 Å². The normalized spacial score (nSPS) is 10.5. The Morgan fingerprint density at radius 1 is 1.43 bits per heavy atom. The third kappa shape index (κ3) is 3.95. The van der Waals surface area contributed by atoms with Crippen LogP contribution < -0.4 is 5.32 Å². The molecule has 0 saturated heterocycles. The van der Waals surface area contributed by atoms with E-state index in [1.54, 1.807) is 6.07 Å². The molecule has 0 fully saturated rings. The molecule has 0 bridgehead atoms. The van der Waals surface area contributed by atoms with Gasteiger partial charge < -0.3 is 5.32 Å². The van der Waals surface area contributed by atoms with Crippen molar-refractivity contribution in [1.29, 1.82) is 0 Å². The van der Waals surface area contributed by atoms with E-state index in [0.717, 1.165) is 23.9 Å². The van der Waals surface area contributed by atoms with Crippen LogP contribution >= 0.6 is 27.5 Å². The summed E-state index contributed by atoms with van der Waals surface area (Å²) in [6.07, 6.45) is 1.07. The molecule has 0 amide bonds. The Bertz CT molecular complexity index is 293. The van der Waals surface area contributed by atoms with Gasteiger partial charge in [-0.15, -0.1) is 0 Å². The summed E-state index contributed by atoms with van der Waals surface area (Å²) in [5, 5.41) is 4.69. The fraction of sp³-hybridized carbons (Fsp3) is 0.400. The van der Waals surface area contributed by atoms with Gasteiger partial charge >= 0.3 is 0 Å². The topological polar surface area (TPSA) is 12.0 Å². The number of nitrogens with one attached hydrogen (secondary N) is 1. The Kier molecular flexibility index (Phi) is 5.45. The lowest BCUT2D eigenvalue weighted by atomic mass is 10.2. The second-order valence-electron chi connectivity index (χ2n) is 2.96. The van der Waals surface area contributed by atoms with E-state index in [2.05, 4.69) is 21.2 Å². The lowest BCUT2D eigenvalue weighted by molar-refractivity contribution is 0.624. The SMILES string of the molecule is Fc1ccc(CNCCCBr)c(Cl)c1.